The van der Waals surface area contributed by atoms with E-state index in [9.17, 15) is 29.7 Å². The summed E-state index contributed by atoms with van der Waals surface area (Å²) in [5, 5.41) is 29.5. The zero-order chi connectivity index (χ0) is 30.6. The minimum Gasteiger partial charge on any atom is -0.478 e. The highest BCUT2D eigenvalue weighted by Gasteiger charge is 2.18. The van der Waals surface area contributed by atoms with Crippen LogP contribution in [-0.4, -0.2) is 67.6 Å². The minimum atomic E-state index is -1.00. The van der Waals surface area contributed by atoms with E-state index in [1.807, 2.05) is 32.2 Å². The first kappa shape index (κ1) is 30.9. The van der Waals surface area contributed by atoms with Crippen LogP contribution < -0.4 is 0 Å². The number of rotatable bonds is 5. The minimum absolute atomic E-state index is 0.118. The van der Waals surface area contributed by atoms with Crippen molar-refractivity contribution in [3.05, 3.63) is 105 Å². The van der Waals surface area contributed by atoms with E-state index in [0.717, 1.165) is 33.4 Å². The number of carbonyl (C=O) groups is 3. The van der Waals surface area contributed by atoms with Crippen molar-refractivity contribution in [2.75, 3.05) is 13.6 Å². The molecule has 0 spiro atoms. The maximum atomic E-state index is 12.1. The summed E-state index contributed by atoms with van der Waals surface area (Å²) in [7, 11) is 1.93. The fourth-order valence-electron chi connectivity index (χ4n) is 5.57. The summed E-state index contributed by atoms with van der Waals surface area (Å²) in [6, 6.07) is 16.3. The molecular formula is C33H39N3O6. The molecule has 6 bridgehead atoms. The van der Waals surface area contributed by atoms with Gasteiger partial charge in [0.2, 0.25) is 0 Å². The van der Waals surface area contributed by atoms with Crippen molar-refractivity contribution in [3.8, 4) is 0 Å². The molecule has 0 aromatic heterocycles. The van der Waals surface area contributed by atoms with Gasteiger partial charge in [0.05, 0.1) is 16.7 Å². The average molecular weight is 574 g/mol. The molecule has 1 aliphatic heterocycles. The molecule has 1 aliphatic rings. The molecule has 3 aromatic rings. The third-order valence-electron chi connectivity index (χ3n) is 7.56. The Kier molecular flexibility index (Phi) is 9.78. The lowest BCUT2D eigenvalue weighted by Crippen LogP contribution is -2.30. The number of fused-ring (bicyclic) bond motifs is 6. The summed E-state index contributed by atoms with van der Waals surface area (Å²) in [5.41, 5.74) is 5.76. The molecule has 9 nitrogen and oxygen atoms in total. The SMILES string of the molecule is CCN1Cc2cc(cc(C(=O)O)c2)CN(C)Cc2cc(cc(C(=O)O)c2)CN(C(C)C)Cc2cc(cc(C(=O)O)c2)C1. The third kappa shape index (κ3) is 8.03. The van der Waals surface area contributed by atoms with Gasteiger partial charge in [-0.15, -0.1) is 0 Å². The van der Waals surface area contributed by atoms with E-state index in [2.05, 4.69) is 28.5 Å². The number of benzene rings is 3. The van der Waals surface area contributed by atoms with E-state index in [1.165, 1.54) is 0 Å². The fourth-order valence-corrected chi connectivity index (χ4v) is 5.57. The van der Waals surface area contributed by atoms with Crippen molar-refractivity contribution >= 4 is 17.9 Å². The molecule has 0 atom stereocenters. The standard InChI is InChI=1S/C33H39N3O6/c1-5-35-17-24-6-22(9-28(11-24)31(37)38)15-34(4)16-23-7-26(13-29(10-23)32(39)40)19-36(21(2)3)20-27-8-25(18-35)12-30(14-27)33(41)42/h6-14,21H,5,15-20H2,1-4H3,(H,37,38)(H,39,40)(H,41,42). The van der Waals surface area contributed by atoms with Crippen molar-refractivity contribution in [1.29, 1.82) is 0 Å². The van der Waals surface area contributed by atoms with Crippen LogP contribution in [0.25, 0.3) is 0 Å². The Hall–Kier alpha value is -4.05. The predicted molar refractivity (Wildman–Crippen MR) is 160 cm³/mol. The van der Waals surface area contributed by atoms with E-state index in [4.69, 9.17) is 0 Å². The highest BCUT2D eigenvalue weighted by molar-refractivity contribution is 5.89. The number of carboxylic acids is 3. The Balaban J connectivity index is 1.84. The Bertz CT molecular complexity index is 1480. The summed E-state index contributed by atoms with van der Waals surface area (Å²) in [4.78, 5) is 42.5. The van der Waals surface area contributed by atoms with Crippen molar-refractivity contribution in [3.63, 3.8) is 0 Å². The topological polar surface area (TPSA) is 122 Å². The summed E-state index contributed by atoms with van der Waals surface area (Å²) >= 11 is 0. The van der Waals surface area contributed by atoms with Crippen LogP contribution in [0.5, 0.6) is 0 Å². The second-order valence-electron chi connectivity index (χ2n) is 11.5. The van der Waals surface area contributed by atoms with E-state index < -0.39 is 17.9 Å². The van der Waals surface area contributed by atoms with Gasteiger partial charge in [0.15, 0.2) is 0 Å². The number of nitrogens with zero attached hydrogens (tertiary/aromatic N) is 3. The zero-order valence-electron chi connectivity index (χ0n) is 24.6. The molecule has 3 N–H and O–H groups in total. The molecule has 0 amide bonds. The van der Waals surface area contributed by atoms with Gasteiger partial charge in [-0.2, -0.15) is 0 Å². The van der Waals surface area contributed by atoms with Gasteiger partial charge in [-0.05, 0) is 97.2 Å². The van der Waals surface area contributed by atoms with Gasteiger partial charge in [0.25, 0.3) is 0 Å². The molecule has 222 valence electrons. The van der Waals surface area contributed by atoms with E-state index in [-0.39, 0.29) is 22.7 Å². The molecule has 0 saturated heterocycles. The summed E-state index contributed by atoms with van der Waals surface area (Å²) in [6.45, 7) is 9.82. The molecule has 0 unspecified atom stereocenters. The Labute approximate surface area is 246 Å². The summed E-state index contributed by atoms with van der Waals surface area (Å²) in [6.07, 6.45) is 0. The monoisotopic (exact) mass is 573 g/mol. The van der Waals surface area contributed by atoms with Crippen LogP contribution in [0.2, 0.25) is 0 Å². The molecule has 42 heavy (non-hydrogen) atoms. The lowest BCUT2D eigenvalue weighted by atomic mass is 10.0. The van der Waals surface area contributed by atoms with Gasteiger partial charge in [-0.1, -0.05) is 25.1 Å². The fraction of sp³-hybridized carbons (Fsp3) is 0.364. The maximum absolute atomic E-state index is 12.1. The molecule has 1 heterocycles. The molecule has 0 aliphatic carbocycles. The van der Waals surface area contributed by atoms with Gasteiger partial charge in [0, 0.05) is 45.3 Å². The van der Waals surface area contributed by atoms with Gasteiger partial charge in [0.1, 0.15) is 0 Å². The van der Waals surface area contributed by atoms with Crippen LogP contribution >= 0.6 is 0 Å². The number of hydrogen-bond acceptors (Lipinski definition) is 6. The Morgan fingerprint density at radius 1 is 0.595 bits per heavy atom. The molecule has 4 rings (SSSR count). The lowest BCUT2D eigenvalue weighted by molar-refractivity contribution is 0.0685. The van der Waals surface area contributed by atoms with Gasteiger partial charge in [-0.25, -0.2) is 14.4 Å². The van der Waals surface area contributed by atoms with E-state index >= 15 is 0 Å². The van der Waals surface area contributed by atoms with Gasteiger partial charge in [-0.3, -0.25) is 14.7 Å². The van der Waals surface area contributed by atoms with E-state index in [1.54, 1.807) is 36.4 Å². The van der Waals surface area contributed by atoms with Crippen molar-refractivity contribution in [2.24, 2.45) is 0 Å². The van der Waals surface area contributed by atoms with E-state index in [0.29, 0.717) is 45.8 Å². The van der Waals surface area contributed by atoms with Crippen LogP contribution in [0.1, 0.15) is 85.2 Å². The number of carboxylic acid groups (broad SMARTS) is 3. The Morgan fingerprint density at radius 2 is 0.905 bits per heavy atom. The Morgan fingerprint density at radius 3 is 1.19 bits per heavy atom. The highest BCUT2D eigenvalue weighted by atomic mass is 16.4. The second kappa shape index (κ2) is 13.3. The molecular weight excluding hydrogens is 534 g/mol. The normalized spacial score (nSPS) is 15.6. The van der Waals surface area contributed by atoms with Crippen LogP contribution in [-0.2, 0) is 39.3 Å². The largest absolute Gasteiger partial charge is 0.478 e. The smallest absolute Gasteiger partial charge is 0.335 e. The van der Waals surface area contributed by atoms with Gasteiger partial charge >= 0.3 is 17.9 Å². The first-order chi connectivity index (χ1) is 19.9. The van der Waals surface area contributed by atoms with Crippen LogP contribution in [0.4, 0.5) is 0 Å². The van der Waals surface area contributed by atoms with Crippen molar-refractivity contribution < 1.29 is 29.7 Å². The van der Waals surface area contributed by atoms with Crippen molar-refractivity contribution in [1.82, 2.24) is 14.7 Å². The van der Waals surface area contributed by atoms with Crippen molar-refractivity contribution in [2.45, 2.75) is 66.1 Å². The molecule has 0 fully saturated rings. The summed E-state index contributed by atoms with van der Waals surface area (Å²) in [5.74, 6) is -3.00. The van der Waals surface area contributed by atoms with Crippen LogP contribution in [0.15, 0.2) is 54.6 Å². The average Bonchev–Trinajstić information content (AvgIpc) is 2.91. The van der Waals surface area contributed by atoms with Crippen LogP contribution in [0.3, 0.4) is 0 Å². The molecule has 0 radical (unpaired) electrons. The third-order valence-corrected chi connectivity index (χ3v) is 7.56. The molecule has 0 saturated carbocycles. The molecule has 3 aromatic carbocycles. The number of aromatic carboxylic acids is 3. The zero-order valence-corrected chi connectivity index (χ0v) is 24.6. The van der Waals surface area contributed by atoms with Gasteiger partial charge < -0.3 is 15.3 Å². The lowest BCUT2D eigenvalue weighted by Gasteiger charge is -2.28. The first-order valence-corrected chi connectivity index (χ1v) is 14.1. The quantitative estimate of drug-likeness (QED) is 0.380. The second-order valence-corrected chi connectivity index (χ2v) is 11.5. The maximum Gasteiger partial charge on any atom is 0.335 e. The highest BCUT2D eigenvalue weighted by Crippen LogP contribution is 2.23. The number of hydrogen-bond donors (Lipinski definition) is 3. The summed E-state index contributed by atoms with van der Waals surface area (Å²) < 4.78 is 0. The van der Waals surface area contributed by atoms with Crippen LogP contribution in [0, 0.1) is 0 Å². The molecule has 9 heteroatoms. The predicted octanol–water partition coefficient (Wildman–Crippen LogP) is 5.16. The first-order valence-electron chi connectivity index (χ1n) is 14.1.